The minimum absolute atomic E-state index is 0.0153. The largest absolute Gasteiger partial charge is 0.469 e. The molecule has 0 N–H and O–H groups in total. The van der Waals surface area contributed by atoms with Crippen LogP contribution in [-0.4, -0.2) is 31.3 Å². The molecular weight excluding hydrogens is 320 g/mol. The molecule has 0 bridgehead atoms. The summed E-state index contributed by atoms with van der Waals surface area (Å²) in [5.74, 6) is -0.483. The van der Waals surface area contributed by atoms with Gasteiger partial charge in [0.1, 0.15) is 0 Å². The number of hydrogen-bond acceptors (Lipinski definition) is 5. The number of alkyl halides is 1. The maximum atomic E-state index is 12.6. The van der Waals surface area contributed by atoms with E-state index in [1.54, 1.807) is 18.4 Å². The number of aryl methyl sites for hydroxylation is 1. The Hall–Kier alpha value is -0.720. The molecule has 0 aromatic heterocycles. The van der Waals surface area contributed by atoms with Crippen molar-refractivity contribution in [2.75, 3.05) is 13.4 Å². The van der Waals surface area contributed by atoms with E-state index < -0.39 is 19.3 Å². The van der Waals surface area contributed by atoms with Crippen LogP contribution in [0.25, 0.3) is 0 Å². The number of methoxy groups -OCH3 is 1. The third-order valence-electron chi connectivity index (χ3n) is 2.89. The van der Waals surface area contributed by atoms with E-state index in [2.05, 4.69) is 4.74 Å². The number of hydrogen-bond donors (Lipinski definition) is 0. The Labute approximate surface area is 128 Å². The van der Waals surface area contributed by atoms with E-state index >= 15 is 0 Å². The molecule has 0 fully saturated rings. The van der Waals surface area contributed by atoms with Gasteiger partial charge >= 0.3 is 5.97 Å². The molecule has 20 heavy (non-hydrogen) atoms. The predicted octanol–water partition coefficient (Wildman–Crippen LogP) is 2.98. The van der Waals surface area contributed by atoms with Gasteiger partial charge in [0.05, 0.1) is 12.0 Å². The number of ether oxygens (including phenoxy) is 1. The third-order valence-corrected chi connectivity index (χ3v) is 8.03. The van der Waals surface area contributed by atoms with Gasteiger partial charge in [-0.3, -0.25) is 4.79 Å². The van der Waals surface area contributed by atoms with E-state index in [-0.39, 0.29) is 17.7 Å². The highest BCUT2D eigenvalue weighted by atomic mass is 35.5. The molecule has 0 aliphatic carbocycles. The van der Waals surface area contributed by atoms with Crippen molar-refractivity contribution >= 4 is 39.2 Å². The number of benzene rings is 1. The highest BCUT2D eigenvalue weighted by Crippen LogP contribution is 2.42. The van der Waals surface area contributed by atoms with Crippen LogP contribution < -0.4 is 0 Å². The van der Waals surface area contributed by atoms with Crippen molar-refractivity contribution in [3.05, 3.63) is 29.8 Å². The van der Waals surface area contributed by atoms with Crippen molar-refractivity contribution < 1.29 is 17.9 Å². The molecule has 1 aromatic carbocycles. The monoisotopic (exact) mass is 336 g/mol. The van der Waals surface area contributed by atoms with E-state index in [9.17, 15) is 13.2 Å². The summed E-state index contributed by atoms with van der Waals surface area (Å²) in [4.78, 5) is 11.3. The maximum absolute atomic E-state index is 12.6. The zero-order valence-corrected chi connectivity index (χ0v) is 13.9. The first kappa shape index (κ1) is 17.3. The molecule has 7 heteroatoms. The second-order valence-electron chi connectivity index (χ2n) is 4.26. The molecule has 1 unspecified atom stereocenters. The van der Waals surface area contributed by atoms with Gasteiger partial charge in [-0.05, 0) is 25.3 Å². The second kappa shape index (κ2) is 6.83. The lowest BCUT2D eigenvalue weighted by atomic mass is 10.2. The lowest BCUT2D eigenvalue weighted by molar-refractivity contribution is -0.140. The molecule has 0 aliphatic heterocycles. The van der Waals surface area contributed by atoms with Crippen LogP contribution in [0.4, 0.5) is 0 Å². The standard InChI is InChI=1S/C13H17ClO4S2/c1-10-4-6-11(7-5-10)20(16,17)13(14,19-3)9-8-12(15)18-2/h4-7H,8-9H2,1-3H3. The molecule has 0 heterocycles. The van der Waals surface area contributed by atoms with Crippen molar-refractivity contribution in [1.29, 1.82) is 0 Å². The van der Waals surface area contributed by atoms with E-state index in [1.165, 1.54) is 19.2 Å². The molecule has 0 saturated carbocycles. The van der Waals surface area contributed by atoms with Gasteiger partial charge in [-0.25, -0.2) is 8.42 Å². The van der Waals surface area contributed by atoms with Gasteiger partial charge in [-0.2, -0.15) is 0 Å². The summed E-state index contributed by atoms with van der Waals surface area (Å²) in [6, 6.07) is 6.47. The first-order valence-corrected chi connectivity index (χ1v) is 8.97. The smallest absolute Gasteiger partial charge is 0.305 e. The second-order valence-corrected chi connectivity index (χ2v) is 8.89. The van der Waals surface area contributed by atoms with Crippen molar-refractivity contribution in [2.45, 2.75) is 28.2 Å². The molecule has 112 valence electrons. The zero-order chi connectivity index (χ0) is 15.4. The van der Waals surface area contributed by atoms with Gasteiger partial charge in [0, 0.05) is 12.8 Å². The highest BCUT2D eigenvalue weighted by Gasteiger charge is 2.42. The van der Waals surface area contributed by atoms with Crippen LogP contribution in [-0.2, 0) is 19.4 Å². The number of rotatable bonds is 6. The fourth-order valence-corrected chi connectivity index (χ4v) is 4.64. The van der Waals surface area contributed by atoms with Gasteiger partial charge in [-0.1, -0.05) is 29.3 Å². The van der Waals surface area contributed by atoms with Gasteiger partial charge in [0.25, 0.3) is 0 Å². The highest BCUT2D eigenvalue weighted by molar-refractivity contribution is 8.16. The van der Waals surface area contributed by atoms with Crippen LogP contribution >= 0.6 is 23.4 Å². The van der Waals surface area contributed by atoms with Crippen LogP contribution in [0.1, 0.15) is 18.4 Å². The van der Waals surface area contributed by atoms with Crippen LogP contribution in [0, 0.1) is 6.92 Å². The molecule has 1 aromatic rings. The Morgan fingerprint density at radius 3 is 2.35 bits per heavy atom. The normalized spacial score (nSPS) is 14.6. The van der Waals surface area contributed by atoms with Crippen LogP contribution in [0.2, 0.25) is 0 Å². The van der Waals surface area contributed by atoms with Gasteiger partial charge < -0.3 is 4.74 Å². The fourth-order valence-electron chi connectivity index (χ4n) is 1.59. The quantitative estimate of drug-likeness (QED) is 0.590. The van der Waals surface area contributed by atoms with Crippen molar-refractivity contribution in [2.24, 2.45) is 0 Å². The molecule has 1 atom stereocenters. The van der Waals surface area contributed by atoms with Crippen molar-refractivity contribution in [3.63, 3.8) is 0 Å². The molecule has 0 radical (unpaired) electrons. The zero-order valence-electron chi connectivity index (χ0n) is 11.6. The minimum Gasteiger partial charge on any atom is -0.469 e. The summed E-state index contributed by atoms with van der Waals surface area (Å²) >= 11 is 7.26. The number of halogens is 1. The van der Waals surface area contributed by atoms with Crippen LogP contribution in [0.3, 0.4) is 0 Å². The number of thioether (sulfide) groups is 1. The van der Waals surface area contributed by atoms with E-state index in [1.807, 2.05) is 6.92 Å². The molecule has 0 aliphatic rings. The van der Waals surface area contributed by atoms with Gasteiger partial charge in [0.15, 0.2) is 3.54 Å². The van der Waals surface area contributed by atoms with Gasteiger partial charge in [-0.15, -0.1) is 11.8 Å². The number of carbonyl (C=O) groups is 1. The number of sulfone groups is 1. The molecule has 0 saturated heterocycles. The Kier molecular flexibility index (Phi) is 5.91. The number of carbonyl (C=O) groups excluding carboxylic acids is 1. The summed E-state index contributed by atoms with van der Waals surface area (Å²) in [6.07, 6.45) is 1.54. The summed E-state index contributed by atoms with van der Waals surface area (Å²) < 4.78 is 28.1. The Balaban J connectivity index is 3.08. The minimum atomic E-state index is -3.75. The summed E-state index contributed by atoms with van der Waals surface area (Å²) in [5, 5.41) is 0. The molecule has 1 rings (SSSR count). The van der Waals surface area contributed by atoms with Crippen molar-refractivity contribution in [1.82, 2.24) is 0 Å². The first-order chi connectivity index (χ1) is 9.26. The average Bonchev–Trinajstić information content (AvgIpc) is 2.44. The topological polar surface area (TPSA) is 60.4 Å². The number of esters is 1. The summed E-state index contributed by atoms with van der Waals surface area (Å²) in [6.45, 7) is 1.87. The van der Waals surface area contributed by atoms with E-state index in [0.717, 1.165) is 17.3 Å². The Morgan fingerprint density at radius 1 is 1.35 bits per heavy atom. The lowest BCUT2D eigenvalue weighted by Gasteiger charge is -2.24. The van der Waals surface area contributed by atoms with Crippen LogP contribution in [0.15, 0.2) is 29.2 Å². The SMILES string of the molecule is COC(=O)CCC(Cl)(SC)S(=O)(=O)c1ccc(C)cc1. The molecule has 0 spiro atoms. The molecule has 4 nitrogen and oxygen atoms in total. The Morgan fingerprint density at radius 2 is 1.90 bits per heavy atom. The summed E-state index contributed by atoms with van der Waals surface area (Å²) in [5.41, 5.74) is 0.961. The maximum Gasteiger partial charge on any atom is 0.305 e. The third kappa shape index (κ3) is 3.68. The average molecular weight is 337 g/mol. The van der Waals surface area contributed by atoms with Crippen molar-refractivity contribution in [3.8, 4) is 0 Å². The Bertz CT molecular complexity index is 569. The van der Waals surface area contributed by atoms with Crippen LogP contribution in [0.5, 0.6) is 0 Å². The van der Waals surface area contributed by atoms with E-state index in [0.29, 0.717) is 0 Å². The first-order valence-electron chi connectivity index (χ1n) is 5.89. The molecular formula is C13H17ClO4S2. The van der Waals surface area contributed by atoms with Gasteiger partial charge in [0.2, 0.25) is 9.84 Å². The fraction of sp³-hybridized carbons (Fsp3) is 0.462. The lowest BCUT2D eigenvalue weighted by Crippen LogP contribution is -2.30. The summed E-state index contributed by atoms with van der Waals surface area (Å²) in [7, 11) is -2.49. The predicted molar refractivity (Wildman–Crippen MR) is 81.7 cm³/mol. The van der Waals surface area contributed by atoms with E-state index in [4.69, 9.17) is 11.6 Å². The molecule has 0 amide bonds.